The third-order valence-electron chi connectivity index (χ3n) is 9.21. The summed E-state index contributed by atoms with van der Waals surface area (Å²) in [5.74, 6) is 0.562. The lowest BCUT2D eigenvalue weighted by atomic mass is 9.33. The Kier molecular flexibility index (Phi) is 5.71. The summed E-state index contributed by atoms with van der Waals surface area (Å²) >= 11 is 0. The molecule has 0 amide bonds. The molecule has 5 aromatic carbocycles. The van der Waals surface area contributed by atoms with E-state index in [4.69, 9.17) is 6.57 Å². The zero-order valence-electron chi connectivity index (χ0n) is 23.0. The SMILES string of the molecule is [C-]#[N+]c1cccc(N2c3ccccc3B3c4ccccc4N(c4ccccc4)c4cc(C5CCCCC5)cc2c43)c1. The summed E-state index contributed by atoms with van der Waals surface area (Å²) in [5.41, 5.74) is 13.3. The van der Waals surface area contributed by atoms with E-state index in [0.717, 1.165) is 5.69 Å². The predicted molar refractivity (Wildman–Crippen MR) is 173 cm³/mol. The molecule has 5 aromatic rings. The highest BCUT2D eigenvalue weighted by Gasteiger charge is 2.43. The van der Waals surface area contributed by atoms with Gasteiger partial charge in [0.15, 0.2) is 5.69 Å². The van der Waals surface area contributed by atoms with Crippen molar-refractivity contribution in [1.82, 2.24) is 0 Å². The van der Waals surface area contributed by atoms with E-state index >= 15 is 0 Å². The third-order valence-corrected chi connectivity index (χ3v) is 9.21. The van der Waals surface area contributed by atoms with Gasteiger partial charge < -0.3 is 9.80 Å². The Hall–Kier alpha value is -4.75. The fourth-order valence-corrected chi connectivity index (χ4v) is 7.43. The quantitative estimate of drug-likeness (QED) is 0.169. The summed E-state index contributed by atoms with van der Waals surface area (Å²) in [6, 6.07) is 41.7. The Bertz CT molecular complexity index is 1820. The topological polar surface area (TPSA) is 10.8 Å². The minimum atomic E-state index is 0.132. The van der Waals surface area contributed by atoms with Crippen molar-refractivity contribution >= 4 is 62.9 Å². The number of hydrogen-bond donors (Lipinski definition) is 0. The van der Waals surface area contributed by atoms with Crippen LogP contribution < -0.4 is 26.2 Å². The van der Waals surface area contributed by atoms with Crippen LogP contribution in [-0.4, -0.2) is 6.71 Å². The highest BCUT2D eigenvalue weighted by atomic mass is 15.2. The second-order valence-corrected chi connectivity index (χ2v) is 11.5. The molecule has 4 heteroatoms. The molecular weight excluding hydrogens is 497 g/mol. The summed E-state index contributed by atoms with van der Waals surface area (Å²) in [5, 5.41) is 0. The van der Waals surface area contributed by atoms with Gasteiger partial charge in [-0.1, -0.05) is 86.0 Å². The van der Waals surface area contributed by atoms with E-state index in [9.17, 15) is 0 Å². The minimum absolute atomic E-state index is 0.132. The van der Waals surface area contributed by atoms with E-state index in [0.29, 0.717) is 11.6 Å². The van der Waals surface area contributed by atoms with Crippen LogP contribution in [0.25, 0.3) is 4.85 Å². The van der Waals surface area contributed by atoms with Gasteiger partial charge in [-0.2, -0.15) is 0 Å². The molecule has 0 atom stereocenters. The smallest absolute Gasteiger partial charge is 0.252 e. The van der Waals surface area contributed by atoms with Crippen LogP contribution in [0.1, 0.15) is 43.6 Å². The second-order valence-electron chi connectivity index (χ2n) is 11.5. The summed E-state index contributed by atoms with van der Waals surface area (Å²) < 4.78 is 0. The van der Waals surface area contributed by atoms with Gasteiger partial charge in [-0.15, -0.1) is 0 Å². The molecule has 1 fully saturated rings. The number of hydrogen-bond acceptors (Lipinski definition) is 2. The van der Waals surface area contributed by atoms with Crippen LogP contribution in [0.4, 0.5) is 39.8 Å². The van der Waals surface area contributed by atoms with Gasteiger partial charge in [-0.05, 0) is 89.2 Å². The summed E-state index contributed by atoms with van der Waals surface area (Å²) in [4.78, 5) is 8.69. The Morgan fingerprint density at radius 3 is 1.83 bits per heavy atom. The first-order valence-electron chi connectivity index (χ1n) is 14.8. The normalized spacial score (nSPS) is 15.5. The zero-order chi connectivity index (χ0) is 27.3. The van der Waals surface area contributed by atoms with E-state index in [1.54, 1.807) is 0 Å². The van der Waals surface area contributed by atoms with Gasteiger partial charge in [0.1, 0.15) is 0 Å². The van der Waals surface area contributed by atoms with Crippen molar-refractivity contribution in [2.75, 3.05) is 9.80 Å². The van der Waals surface area contributed by atoms with E-state index in [1.807, 2.05) is 18.2 Å². The molecule has 3 nitrogen and oxygen atoms in total. The number of fused-ring (bicyclic) bond motifs is 4. The van der Waals surface area contributed by atoms with Gasteiger partial charge in [-0.3, -0.25) is 0 Å². The molecule has 0 bridgehead atoms. The summed E-state index contributed by atoms with van der Waals surface area (Å²) in [6.45, 7) is 7.85. The first-order chi connectivity index (χ1) is 20.3. The molecule has 0 unspecified atom stereocenters. The maximum atomic E-state index is 7.72. The van der Waals surface area contributed by atoms with Crippen molar-refractivity contribution in [2.24, 2.45) is 0 Å². The van der Waals surface area contributed by atoms with E-state index in [2.05, 4.69) is 112 Å². The van der Waals surface area contributed by atoms with Crippen molar-refractivity contribution in [3.63, 3.8) is 0 Å². The van der Waals surface area contributed by atoms with Crippen molar-refractivity contribution in [1.29, 1.82) is 0 Å². The number of anilines is 6. The maximum absolute atomic E-state index is 7.72. The highest BCUT2D eigenvalue weighted by molar-refractivity contribution is 7.00. The summed E-state index contributed by atoms with van der Waals surface area (Å²) in [7, 11) is 0. The Morgan fingerprint density at radius 1 is 0.585 bits per heavy atom. The third kappa shape index (κ3) is 3.80. The average Bonchev–Trinajstić information content (AvgIpc) is 3.05. The average molecular weight is 527 g/mol. The fraction of sp³-hybridized carbons (Fsp3) is 0.162. The van der Waals surface area contributed by atoms with Gasteiger partial charge in [-0.25, -0.2) is 4.85 Å². The lowest BCUT2D eigenvalue weighted by Gasteiger charge is -2.45. The molecule has 2 heterocycles. The molecule has 41 heavy (non-hydrogen) atoms. The monoisotopic (exact) mass is 527 g/mol. The van der Waals surface area contributed by atoms with Crippen molar-refractivity contribution < 1.29 is 0 Å². The van der Waals surface area contributed by atoms with Gasteiger partial charge in [0.05, 0.1) is 6.57 Å². The molecule has 0 aromatic heterocycles. The van der Waals surface area contributed by atoms with Crippen LogP contribution in [0.15, 0.2) is 115 Å². The zero-order valence-corrected chi connectivity index (χ0v) is 23.0. The predicted octanol–water partition coefficient (Wildman–Crippen LogP) is 8.37. The number of para-hydroxylation sites is 3. The van der Waals surface area contributed by atoms with Gasteiger partial charge in [0, 0.05) is 34.1 Å². The lowest BCUT2D eigenvalue weighted by Crippen LogP contribution is -2.61. The molecule has 3 aliphatic rings. The Labute approximate surface area is 242 Å². The van der Waals surface area contributed by atoms with Crippen LogP contribution in [0, 0.1) is 6.57 Å². The molecule has 0 saturated heterocycles. The highest BCUT2D eigenvalue weighted by Crippen LogP contribution is 2.46. The Balaban J connectivity index is 1.47. The molecule has 8 rings (SSSR count). The second kappa shape index (κ2) is 9.71. The van der Waals surface area contributed by atoms with E-state index in [1.165, 1.54) is 82.5 Å². The molecule has 0 spiro atoms. The van der Waals surface area contributed by atoms with E-state index in [-0.39, 0.29) is 6.71 Å². The van der Waals surface area contributed by atoms with E-state index < -0.39 is 0 Å². The largest absolute Gasteiger partial charge is 0.313 e. The fourth-order valence-electron chi connectivity index (χ4n) is 7.43. The van der Waals surface area contributed by atoms with Crippen LogP contribution in [0.3, 0.4) is 0 Å². The van der Waals surface area contributed by atoms with Crippen LogP contribution in [-0.2, 0) is 0 Å². The lowest BCUT2D eigenvalue weighted by molar-refractivity contribution is 0.444. The van der Waals surface area contributed by atoms with Crippen molar-refractivity contribution in [2.45, 2.75) is 38.0 Å². The van der Waals surface area contributed by atoms with Crippen LogP contribution in [0.5, 0.6) is 0 Å². The van der Waals surface area contributed by atoms with Gasteiger partial charge in [0.25, 0.3) is 6.71 Å². The summed E-state index contributed by atoms with van der Waals surface area (Å²) in [6.07, 6.45) is 6.42. The standard InChI is InChI=1S/C37H30BN3/c1-39-28-15-12-18-30(25-28)41-34-22-11-9-20-32(34)38-31-19-8-10-21-33(31)40(29-16-6-3-7-17-29)35-23-27(24-36(41)37(35)38)26-13-4-2-5-14-26/h3,6-12,15-26H,2,4-5,13-14H2. The van der Waals surface area contributed by atoms with Gasteiger partial charge >= 0.3 is 0 Å². The molecule has 0 radical (unpaired) electrons. The first-order valence-corrected chi connectivity index (χ1v) is 14.8. The van der Waals surface area contributed by atoms with Crippen LogP contribution in [0.2, 0.25) is 0 Å². The molecule has 0 N–H and O–H groups in total. The Morgan fingerprint density at radius 2 is 1.17 bits per heavy atom. The van der Waals surface area contributed by atoms with Crippen molar-refractivity contribution in [3.8, 4) is 0 Å². The molecule has 2 aliphatic heterocycles. The van der Waals surface area contributed by atoms with Gasteiger partial charge in [0.2, 0.25) is 0 Å². The molecule has 1 aliphatic carbocycles. The van der Waals surface area contributed by atoms with Crippen LogP contribution >= 0.6 is 0 Å². The number of benzene rings is 5. The molecular formula is C37H30BN3. The minimum Gasteiger partial charge on any atom is -0.313 e. The number of nitrogens with zero attached hydrogens (tertiary/aromatic N) is 3. The molecule has 196 valence electrons. The molecule has 1 saturated carbocycles. The first kappa shape index (κ1) is 24.1. The maximum Gasteiger partial charge on any atom is 0.252 e. The van der Waals surface area contributed by atoms with Crippen molar-refractivity contribution in [3.05, 3.63) is 132 Å². The number of rotatable bonds is 3.